The number of hydrogen-bond acceptors (Lipinski definition) is 5. The quantitative estimate of drug-likeness (QED) is 0.550. The Hall–Kier alpha value is -0.433. The normalized spacial score (nSPS) is 16.9. The molecule has 1 atom stereocenters. The summed E-state index contributed by atoms with van der Waals surface area (Å²) in [6.45, 7) is 12.2. The molecule has 0 fully saturated rings. The summed E-state index contributed by atoms with van der Waals surface area (Å²) in [6, 6.07) is 1.43. The van der Waals surface area contributed by atoms with Crippen LogP contribution in [0.4, 0.5) is 0 Å². The van der Waals surface area contributed by atoms with Gasteiger partial charge in [0.1, 0.15) is 0 Å². The van der Waals surface area contributed by atoms with Crippen LogP contribution in [0.5, 0.6) is 0 Å². The second-order valence-corrected chi connectivity index (χ2v) is 7.71. The number of hydrogen-bond donors (Lipinski definition) is 0. The third-order valence-electron chi connectivity index (χ3n) is 3.48. The maximum Gasteiger partial charge on any atom is 0.500 e. The Morgan fingerprint density at radius 1 is 1.15 bits per heavy atom. The van der Waals surface area contributed by atoms with Crippen molar-refractivity contribution in [3.8, 4) is 0 Å². The molecule has 20 heavy (non-hydrogen) atoms. The molecular formula is C14H30N2O3Si. The standard InChI is InChI=1S/C14H30N2O3Si/c1-5-17-20(18-6-2,19-7-3)12-8-9-14(4)16-11-10-15-13-16/h13-14H,5-12H2,1-4H3. The third-order valence-corrected chi connectivity index (χ3v) is 6.63. The van der Waals surface area contributed by atoms with Gasteiger partial charge in [0.25, 0.3) is 0 Å². The molecule has 0 spiro atoms. The van der Waals surface area contributed by atoms with E-state index in [9.17, 15) is 0 Å². The average Bonchev–Trinajstić information content (AvgIpc) is 2.93. The topological polar surface area (TPSA) is 43.3 Å². The Bertz CT molecular complexity index is 273. The fourth-order valence-corrected chi connectivity index (χ4v) is 5.15. The first-order valence-corrected chi connectivity index (χ1v) is 9.78. The van der Waals surface area contributed by atoms with Crippen LogP contribution >= 0.6 is 0 Å². The summed E-state index contributed by atoms with van der Waals surface area (Å²) in [4.78, 5) is 6.58. The van der Waals surface area contributed by atoms with Crippen LogP contribution in [0.2, 0.25) is 6.04 Å². The van der Waals surface area contributed by atoms with Crippen LogP contribution in [0.25, 0.3) is 0 Å². The summed E-state index contributed by atoms with van der Waals surface area (Å²) in [5.74, 6) is 0. The minimum absolute atomic E-state index is 0.526. The van der Waals surface area contributed by atoms with Gasteiger partial charge in [-0.3, -0.25) is 4.99 Å². The van der Waals surface area contributed by atoms with Crippen molar-refractivity contribution in [2.24, 2.45) is 4.99 Å². The van der Waals surface area contributed by atoms with Crippen LogP contribution in [0.3, 0.4) is 0 Å². The molecule has 5 nitrogen and oxygen atoms in total. The highest BCUT2D eigenvalue weighted by Crippen LogP contribution is 2.21. The molecule has 1 aliphatic rings. The van der Waals surface area contributed by atoms with Gasteiger partial charge in [-0.25, -0.2) is 0 Å². The zero-order valence-corrected chi connectivity index (χ0v) is 14.4. The molecule has 0 aliphatic carbocycles. The van der Waals surface area contributed by atoms with Gasteiger partial charge in [0.05, 0.1) is 12.9 Å². The van der Waals surface area contributed by atoms with Crippen molar-refractivity contribution in [3.05, 3.63) is 0 Å². The van der Waals surface area contributed by atoms with E-state index < -0.39 is 8.80 Å². The number of nitrogens with zero attached hydrogens (tertiary/aromatic N) is 2. The molecule has 0 radical (unpaired) electrons. The molecule has 1 rings (SSSR count). The Kier molecular flexibility index (Phi) is 8.36. The molecule has 1 unspecified atom stereocenters. The van der Waals surface area contributed by atoms with Crippen LogP contribution in [-0.2, 0) is 13.3 Å². The first-order valence-electron chi connectivity index (χ1n) is 7.85. The smallest absolute Gasteiger partial charge is 0.374 e. The zero-order chi connectivity index (χ0) is 14.8. The molecule has 0 N–H and O–H groups in total. The van der Waals surface area contributed by atoms with E-state index in [-0.39, 0.29) is 0 Å². The molecule has 0 saturated carbocycles. The van der Waals surface area contributed by atoms with Crippen LogP contribution in [-0.4, -0.2) is 59.0 Å². The van der Waals surface area contributed by atoms with Gasteiger partial charge in [-0.2, -0.15) is 0 Å². The number of rotatable bonds is 11. The lowest BCUT2D eigenvalue weighted by Crippen LogP contribution is -2.46. The van der Waals surface area contributed by atoms with Gasteiger partial charge in [-0.05, 0) is 40.5 Å². The predicted octanol–water partition coefficient (Wildman–Crippen LogP) is 2.55. The maximum absolute atomic E-state index is 5.87. The van der Waals surface area contributed by atoms with E-state index in [0.29, 0.717) is 25.9 Å². The molecule has 118 valence electrons. The Labute approximate surface area is 124 Å². The summed E-state index contributed by atoms with van der Waals surface area (Å²) >= 11 is 0. The molecule has 6 heteroatoms. The van der Waals surface area contributed by atoms with E-state index in [1.165, 1.54) is 0 Å². The van der Waals surface area contributed by atoms with Crippen molar-refractivity contribution in [1.29, 1.82) is 0 Å². The lowest BCUT2D eigenvalue weighted by atomic mass is 10.2. The molecule has 0 aromatic carbocycles. The van der Waals surface area contributed by atoms with Gasteiger partial charge in [0.2, 0.25) is 0 Å². The first kappa shape index (κ1) is 17.6. The molecule has 0 aromatic rings. The molecule has 0 saturated heterocycles. The minimum atomic E-state index is -2.45. The highest BCUT2D eigenvalue weighted by molar-refractivity contribution is 6.60. The van der Waals surface area contributed by atoms with E-state index in [1.807, 2.05) is 27.1 Å². The third kappa shape index (κ3) is 5.52. The Morgan fingerprint density at radius 2 is 1.75 bits per heavy atom. The molecule has 0 amide bonds. The Balaban J connectivity index is 2.41. The lowest BCUT2D eigenvalue weighted by Gasteiger charge is -2.29. The van der Waals surface area contributed by atoms with Gasteiger partial charge in [-0.1, -0.05) is 0 Å². The molecule has 1 aliphatic heterocycles. The van der Waals surface area contributed by atoms with Crippen LogP contribution in [0.1, 0.15) is 40.5 Å². The van der Waals surface area contributed by atoms with Crippen molar-refractivity contribution < 1.29 is 13.3 Å². The van der Waals surface area contributed by atoms with E-state index in [1.54, 1.807) is 0 Å². The molecule has 1 heterocycles. The summed E-state index contributed by atoms with van der Waals surface area (Å²) in [5.41, 5.74) is 0. The molecule has 0 aromatic heterocycles. The van der Waals surface area contributed by atoms with Gasteiger partial charge >= 0.3 is 8.80 Å². The summed E-state index contributed by atoms with van der Waals surface area (Å²) in [6.07, 6.45) is 4.16. The SMILES string of the molecule is CCO[Si](CCCC(C)N1C=NCC1)(OCC)OCC. The summed E-state index contributed by atoms with van der Waals surface area (Å²) in [5, 5.41) is 0. The van der Waals surface area contributed by atoms with Crippen molar-refractivity contribution in [1.82, 2.24) is 4.90 Å². The maximum atomic E-state index is 5.87. The van der Waals surface area contributed by atoms with Crippen molar-refractivity contribution >= 4 is 15.1 Å². The van der Waals surface area contributed by atoms with E-state index >= 15 is 0 Å². The van der Waals surface area contributed by atoms with E-state index in [0.717, 1.165) is 32.0 Å². The van der Waals surface area contributed by atoms with Crippen molar-refractivity contribution in [2.75, 3.05) is 32.9 Å². The fraction of sp³-hybridized carbons (Fsp3) is 0.929. The zero-order valence-electron chi connectivity index (χ0n) is 13.4. The van der Waals surface area contributed by atoms with Crippen molar-refractivity contribution in [3.63, 3.8) is 0 Å². The molecule has 0 bridgehead atoms. The highest BCUT2D eigenvalue weighted by atomic mass is 28.4. The van der Waals surface area contributed by atoms with E-state index in [2.05, 4.69) is 16.8 Å². The molecular weight excluding hydrogens is 272 g/mol. The lowest BCUT2D eigenvalue weighted by molar-refractivity contribution is 0.0703. The predicted molar refractivity (Wildman–Crippen MR) is 84.2 cm³/mol. The minimum Gasteiger partial charge on any atom is -0.374 e. The largest absolute Gasteiger partial charge is 0.500 e. The van der Waals surface area contributed by atoms with Crippen LogP contribution in [0, 0.1) is 0 Å². The van der Waals surface area contributed by atoms with Gasteiger partial charge in [0, 0.05) is 38.5 Å². The average molecular weight is 302 g/mol. The van der Waals surface area contributed by atoms with Gasteiger partial charge in [-0.15, -0.1) is 0 Å². The fourth-order valence-electron chi connectivity index (χ4n) is 2.51. The number of aliphatic imine (C=N–C) groups is 1. The monoisotopic (exact) mass is 302 g/mol. The second-order valence-electron chi connectivity index (χ2n) is 4.98. The highest BCUT2D eigenvalue weighted by Gasteiger charge is 2.39. The van der Waals surface area contributed by atoms with E-state index in [4.69, 9.17) is 13.3 Å². The first-order chi connectivity index (χ1) is 9.67. The van der Waals surface area contributed by atoms with Gasteiger partial charge in [0.15, 0.2) is 0 Å². The summed E-state index contributed by atoms with van der Waals surface area (Å²) in [7, 11) is -2.45. The van der Waals surface area contributed by atoms with Crippen molar-refractivity contribution in [2.45, 2.75) is 52.6 Å². The second kappa shape index (κ2) is 9.49. The van der Waals surface area contributed by atoms with Crippen LogP contribution in [0.15, 0.2) is 4.99 Å². The summed E-state index contributed by atoms with van der Waals surface area (Å²) < 4.78 is 17.6. The van der Waals surface area contributed by atoms with Crippen LogP contribution < -0.4 is 0 Å². The Morgan fingerprint density at radius 3 is 2.20 bits per heavy atom. The van der Waals surface area contributed by atoms with Gasteiger partial charge < -0.3 is 18.2 Å².